The zero-order chi connectivity index (χ0) is 23.8. The largest absolute Gasteiger partial charge is 0.419 e. The average molecular weight is 489 g/mol. The van der Waals surface area contributed by atoms with Crippen molar-refractivity contribution < 1.29 is 12.8 Å². The van der Waals surface area contributed by atoms with Crippen molar-refractivity contribution in [1.82, 2.24) is 19.4 Å². The Balaban J connectivity index is 1.41. The van der Waals surface area contributed by atoms with Gasteiger partial charge in [-0.25, -0.2) is 8.42 Å². The van der Waals surface area contributed by atoms with Gasteiger partial charge in [-0.05, 0) is 48.2 Å². The van der Waals surface area contributed by atoms with Crippen LogP contribution >= 0.6 is 11.6 Å². The number of hydrogen-bond donors (Lipinski definition) is 0. The average Bonchev–Trinajstić information content (AvgIpc) is 3.29. The monoisotopic (exact) mass is 488 g/mol. The summed E-state index contributed by atoms with van der Waals surface area (Å²) in [5.41, 5.74) is 1.85. The summed E-state index contributed by atoms with van der Waals surface area (Å²) in [6.45, 7) is 10.3. The van der Waals surface area contributed by atoms with Crippen molar-refractivity contribution in [3.8, 4) is 11.5 Å². The molecule has 0 spiro atoms. The molecule has 0 saturated carbocycles. The molecule has 176 valence electrons. The summed E-state index contributed by atoms with van der Waals surface area (Å²) in [4.78, 5) is 2.49. The fourth-order valence-electron chi connectivity index (χ4n) is 3.90. The SMILES string of the molecule is CC(c1nnc(-c2cccc(Cl)c2)o1)N1CCN(S(=O)(=O)c2ccc(C(C)(C)C)cc2)CC1. The van der Waals surface area contributed by atoms with Crippen molar-refractivity contribution in [1.29, 1.82) is 0 Å². The number of halogens is 1. The highest BCUT2D eigenvalue weighted by atomic mass is 35.5. The summed E-state index contributed by atoms with van der Waals surface area (Å²) in [6, 6.07) is 14.4. The molecular formula is C24H29ClN4O3S. The molecule has 1 saturated heterocycles. The van der Waals surface area contributed by atoms with Crippen LogP contribution in [0.1, 0.15) is 45.2 Å². The highest BCUT2D eigenvalue weighted by Crippen LogP contribution is 2.28. The Hall–Kier alpha value is -2.26. The van der Waals surface area contributed by atoms with E-state index in [-0.39, 0.29) is 11.5 Å². The van der Waals surface area contributed by atoms with Crippen LogP contribution in [-0.2, 0) is 15.4 Å². The first-order chi connectivity index (χ1) is 15.6. The molecule has 1 aliphatic rings. The van der Waals surface area contributed by atoms with Crippen LogP contribution in [0.15, 0.2) is 57.8 Å². The quantitative estimate of drug-likeness (QED) is 0.515. The molecule has 0 aliphatic carbocycles. The first-order valence-electron chi connectivity index (χ1n) is 11.0. The van der Waals surface area contributed by atoms with Gasteiger partial charge in [0.25, 0.3) is 0 Å². The lowest BCUT2D eigenvalue weighted by molar-refractivity contribution is 0.129. The van der Waals surface area contributed by atoms with E-state index in [0.717, 1.165) is 11.1 Å². The number of benzene rings is 2. The molecule has 4 rings (SSSR count). The van der Waals surface area contributed by atoms with Crippen LogP contribution in [-0.4, -0.2) is 54.0 Å². The van der Waals surface area contributed by atoms with Crippen molar-refractivity contribution >= 4 is 21.6 Å². The lowest BCUT2D eigenvalue weighted by Crippen LogP contribution is -2.49. The van der Waals surface area contributed by atoms with E-state index >= 15 is 0 Å². The van der Waals surface area contributed by atoms with Gasteiger partial charge in [-0.2, -0.15) is 4.31 Å². The lowest BCUT2D eigenvalue weighted by atomic mass is 9.87. The predicted molar refractivity (Wildman–Crippen MR) is 129 cm³/mol. The fraction of sp³-hybridized carbons (Fsp3) is 0.417. The molecule has 0 amide bonds. The van der Waals surface area contributed by atoms with Crippen LogP contribution in [0.5, 0.6) is 0 Å². The Bertz CT molecular complexity index is 1210. The Labute approximate surface area is 200 Å². The summed E-state index contributed by atoms with van der Waals surface area (Å²) in [5, 5.41) is 8.96. The van der Waals surface area contributed by atoms with E-state index in [1.807, 2.05) is 31.2 Å². The molecule has 1 aliphatic heterocycles. The third-order valence-electron chi connectivity index (χ3n) is 6.05. The summed E-state index contributed by atoms with van der Waals surface area (Å²) < 4.78 is 33.7. The van der Waals surface area contributed by atoms with E-state index in [0.29, 0.717) is 47.9 Å². The number of sulfonamides is 1. The first-order valence-corrected chi connectivity index (χ1v) is 12.8. The van der Waals surface area contributed by atoms with Gasteiger partial charge in [0.2, 0.25) is 21.8 Å². The van der Waals surface area contributed by atoms with Gasteiger partial charge in [0, 0.05) is 36.8 Å². The molecule has 7 nitrogen and oxygen atoms in total. The van der Waals surface area contributed by atoms with Crippen LogP contribution in [0, 0.1) is 0 Å². The predicted octanol–water partition coefficient (Wildman–Crippen LogP) is 4.76. The Morgan fingerprint density at radius 3 is 2.27 bits per heavy atom. The molecule has 0 bridgehead atoms. The molecule has 0 N–H and O–H groups in total. The number of nitrogens with zero attached hydrogens (tertiary/aromatic N) is 4. The van der Waals surface area contributed by atoms with Gasteiger partial charge in [-0.3, -0.25) is 4.90 Å². The maximum Gasteiger partial charge on any atom is 0.247 e. The number of hydrogen-bond acceptors (Lipinski definition) is 6. The van der Waals surface area contributed by atoms with Crippen molar-refractivity contribution in [3.63, 3.8) is 0 Å². The first kappa shape index (κ1) is 23.9. The van der Waals surface area contributed by atoms with E-state index in [2.05, 4.69) is 35.9 Å². The van der Waals surface area contributed by atoms with Gasteiger partial charge in [0.05, 0.1) is 10.9 Å². The third-order valence-corrected chi connectivity index (χ3v) is 8.20. The molecule has 2 aromatic carbocycles. The Morgan fingerprint density at radius 2 is 1.67 bits per heavy atom. The molecule has 33 heavy (non-hydrogen) atoms. The molecule has 1 unspecified atom stereocenters. The second kappa shape index (κ2) is 9.18. The second-order valence-electron chi connectivity index (χ2n) is 9.35. The van der Waals surface area contributed by atoms with Gasteiger partial charge in [-0.15, -0.1) is 10.2 Å². The van der Waals surface area contributed by atoms with Gasteiger partial charge in [-0.1, -0.05) is 50.6 Å². The normalized spacial score (nSPS) is 17.2. The summed E-state index contributed by atoms with van der Waals surface area (Å²) >= 11 is 6.06. The van der Waals surface area contributed by atoms with Gasteiger partial charge >= 0.3 is 0 Å². The van der Waals surface area contributed by atoms with E-state index in [4.69, 9.17) is 16.0 Å². The maximum atomic E-state index is 13.1. The topological polar surface area (TPSA) is 79.5 Å². The van der Waals surface area contributed by atoms with Crippen molar-refractivity contribution in [2.45, 2.75) is 44.0 Å². The molecule has 1 aromatic heterocycles. The van der Waals surface area contributed by atoms with E-state index in [9.17, 15) is 8.42 Å². The van der Waals surface area contributed by atoms with E-state index in [1.165, 1.54) is 0 Å². The molecule has 1 fully saturated rings. The zero-order valence-electron chi connectivity index (χ0n) is 19.3. The van der Waals surface area contributed by atoms with Crippen LogP contribution < -0.4 is 0 Å². The van der Waals surface area contributed by atoms with Crippen LogP contribution in [0.25, 0.3) is 11.5 Å². The van der Waals surface area contributed by atoms with Crippen LogP contribution in [0.3, 0.4) is 0 Å². The lowest BCUT2D eigenvalue weighted by Gasteiger charge is -2.36. The highest BCUT2D eigenvalue weighted by molar-refractivity contribution is 7.89. The Morgan fingerprint density at radius 1 is 1.00 bits per heavy atom. The van der Waals surface area contributed by atoms with Crippen molar-refractivity contribution in [3.05, 3.63) is 65.0 Å². The minimum Gasteiger partial charge on any atom is -0.419 e. The standard InChI is InChI=1S/C24H29ClN4O3S/c1-17(22-26-27-23(32-22)18-6-5-7-20(25)16-18)28-12-14-29(15-13-28)33(30,31)21-10-8-19(9-11-21)24(2,3)4/h5-11,16-17H,12-15H2,1-4H3. The minimum atomic E-state index is -3.53. The van der Waals surface area contributed by atoms with Crippen molar-refractivity contribution in [2.75, 3.05) is 26.2 Å². The van der Waals surface area contributed by atoms with E-state index < -0.39 is 10.0 Å². The fourth-order valence-corrected chi connectivity index (χ4v) is 5.52. The summed E-state index contributed by atoms with van der Waals surface area (Å²) in [5.74, 6) is 0.915. The zero-order valence-corrected chi connectivity index (χ0v) is 20.9. The van der Waals surface area contributed by atoms with Crippen LogP contribution in [0.4, 0.5) is 0 Å². The maximum absolute atomic E-state index is 13.1. The van der Waals surface area contributed by atoms with Gasteiger partial charge < -0.3 is 4.42 Å². The molecular weight excluding hydrogens is 460 g/mol. The Kier molecular flexibility index (Phi) is 6.64. The van der Waals surface area contributed by atoms with E-state index in [1.54, 1.807) is 28.6 Å². The smallest absolute Gasteiger partial charge is 0.247 e. The number of piperazine rings is 1. The van der Waals surface area contributed by atoms with Crippen molar-refractivity contribution in [2.24, 2.45) is 0 Å². The molecule has 1 atom stereocenters. The summed E-state index contributed by atoms with van der Waals surface area (Å²) in [7, 11) is -3.53. The van der Waals surface area contributed by atoms with Gasteiger partial charge in [0.15, 0.2) is 0 Å². The third kappa shape index (κ3) is 5.14. The highest BCUT2D eigenvalue weighted by Gasteiger charge is 2.32. The molecule has 0 radical (unpaired) electrons. The molecule has 3 aromatic rings. The minimum absolute atomic E-state index is 0.0224. The molecule has 2 heterocycles. The number of aromatic nitrogens is 2. The number of rotatable bonds is 5. The van der Waals surface area contributed by atoms with Crippen LogP contribution in [0.2, 0.25) is 5.02 Å². The second-order valence-corrected chi connectivity index (χ2v) is 11.7. The molecule has 9 heteroatoms. The van der Waals surface area contributed by atoms with Gasteiger partial charge in [0.1, 0.15) is 0 Å². The summed E-state index contributed by atoms with van der Waals surface area (Å²) in [6.07, 6.45) is 0.